The van der Waals surface area contributed by atoms with E-state index in [1.54, 1.807) is 0 Å². The van der Waals surface area contributed by atoms with E-state index in [0.29, 0.717) is 13.0 Å². The largest absolute Gasteiger partial charge is 0.481 e. The number of carboxylic acid groups (broad SMARTS) is 1. The van der Waals surface area contributed by atoms with Crippen LogP contribution in [0.4, 0.5) is 0 Å². The van der Waals surface area contributed by atoms with Gasteiger partial charge in [0.1, 0.15) is 0 Å². The van der Waals surface area contributed by atoms with Crippen LogP contribution in [0.3, 0.4) is 0 Å². The summed E-state index contributed by atoms with van der Waals surface area (Å²) in [6, 6.07) is 0. The molecule has 2 N–H and O–H groups in total. The summed E-state index contributed by atoms with van der Waals surface area (Å²) in [4.78, 5) is 17.5. The van der Waals surface area contributed by atoms with Gasteiger partial charge < -0.3 is 10.2 Å². The van der Waals surface area contributed by atoms with Crippen molar-refractivity contribution in [3.8, 4) is 0 Å². The first-order chi connectivity index (χ1) is 4.63. The van der Waals surface area contributed by atoms with Gasteiger partial charge in [0.25, 0.3) is 5.97 Å². The topological polar surface area (TPSA) is 76.0 Å². The van der Waals surface area contributed by atoms with Gasteiger partial charge in [-0.15, -0.1) is 0 Å². The van der Waals surface area contributed by atoms with Gasteiger partial charge in [-0.25, -0.2) is 9.78 Å². The second-order valence-electron chi connectivity index (χ2n) is 1.68. The lowest BCUT2D eigenvalue weighted by Gasteiger charge is -1.90. The molecule has 10 heavy (non-hydrogen) atoms. The van der Waals surface area contributed by atoms with Gasteiger partial charge in [-0.05, 0) is 0 Å². The standard InChI is InChI=1S/C3H6O3.C2H4O2/c4-3-1-2-5-6-3;1-2(3)4/h3-4H,1-2H2;1H3,(H,3,4). The molecule has 0 aliphatic carbocycles. The van der Waals surface area contributed by atoms with Crippen LogP contribution in [-0.2, 0) is 14.6 Å². The van der Waals surface area contributed by atoms with E-state index in [2.05, 4.69) is 9.78 Å². The van der Waals surface area contributed by atoms with Crippen LogP contribution >= 0.6 is 0 Å². The monoisotopic (exact) mass is 150 g/mol. The highest BCUT2D eigenvalue weighted by Crippen LogP contribution is 2.02. The average molecular weight is 150 g/mol. The van der Waals surface area contributed by atoms with Crippen molar-refractivity contribution in [3.05, 3.63) is 0 Å². The molecule has 0 bridgehead atoms. The third-order valence-corrected chi connectivity index (χ3v) is 0.627. The zero-order valence-electron chi connectivity index (χ0n) is 5.61. The van der Waals surface area contributed by atoms with E-state index in [0.717, 1.165) is 6.92 Å². The third-order valence-electron chi connectivity index (χ3n) is 0.627. The van der Waals surface area contributed by atoms with E-state index in [1.165, 1.54) is 0 Å². The normalized spacial score (nSPS) is 23.2. The molecule has 1 aliphatic heterocycles. The van der Waals surface area contributed by atoms with E-state index < -0.39 is 12.3 Å². The second kappa shape index (κ2) is 5.16. The smallest absolute Gasteiger partial charge is 0.300 e. The second-order valence-corrected chi connectivity index (χ2v) is 1.68. The van der Waals surface area contributed by atoms with Crippen molar-refractivity contribution < 1.29 is 24.8 Å². The Morgan fingerprint density at radius 2 is 2.20 bits per heavy atom. The zero-order chi connectivity index (χ0) is 7.98. The molecule has 5 nitrogen and oxygen atoms in total. The summed E-state index contributed by atoms with van der Waals surface area (Å²) in [7, 11) is 0. The fourth-order valence-corrected chi connectivity index (χ4v) is 0.324. The molecule has 0 spiro atoms. The Labute approximate surface area is 58.1 Å². The Hall–Kier alpha value is -0.650. The van der Waals surface area contributed by atoms with Crippen molar-refractivity contribution in [1.82, 2.24) is 0 Å². The fourth-order valence-electron chi connectivity index (χ4n) is 0.324. The van der Waals surface area contributed by atoms with Gasteiger partial charge in [-0.2, -0.15) is 0 Å². The van der Waals surface area contributed by atoms with Crippen LogP contribution in [0.5, 0.6) is 0 Å². The molecular formula is C5H10O5. The molecule has 1 aliphatic rings. The van der Waals surface area contributed by atoms with E-state index in [-0.39, 0.29) is 0 Å². The van der Waals surface area contributed by atoms with Crippen molar-refractivity contribution in [2.75, 3.05) is 6.61 Å². The maximum Gasteiger partial charge on any atom is 0.300 e. The molecule has 1 saturated heterocycles. The molecule has 0 radical (unpaired) electrons. The molecule has 1 unspecified atom stereocenters. The average Bonchev–Trinajstić information content (AvgIpc) is 2.15. The van der Waals surface area contributed by atoms with Crippen LogP contribution in [0.2, 0.25) is 0 Å². The molecule has 0 amide bonds. The first-order valence-corrected chi connectivity index (χ1v) is 2.79. The van der Waals surface area contributed by atoms with Gasteiger partial charge >= 0.3 is 0 Å². The molecule has 0 aromatic rings. The molecule has 1 heterocycles. The number of aliphatic carboxylic acids is 1. The lowest BCUT2D eigenvalue weighted by molar-refractivity contribution is -0.317. The number of aliphatic hydroxyl groups excluding tert-OH is 1. The highest BCUT2D eigenvalue weighted by atomic mass is 17.2. The van der Waals surface area contributed by atoms with Crippen LogP contribution in [0, 0.1) is 0 Å². The summed E-state index contributed by atoms with van der Waals surface area (Å²) in [6.07, 6.45) is -0.0787. The number of aliphatic hydroxyl groups is 1. The van der Waals surface area contributed by atoms with Crippen LogP contribution in [-0.4, -0.2) is 29.1 Å². The maximum atomic E-state index is 9.00. The van der Waals surface area contributed by atoms with Crippen LogP contribution in [0.25, 0.3) is 0 Å². The summed E-state index contributed by atoms with van der Waals surface area (Å²) < 4.78 is 0. The predicted octanol–water partition coefficient (Wildman–Crippen LogP) is -0.252. The lowest BCUT2D eigenvalue weighted by Crippen LogP contribution is -1.99. The number of hydrogen-bond acceptors (Lipinski definition) is 4. The predicted molar refractivity (Wildman–Crippen MR) is 31.0 cm³/mol. The van der Waals surface area contributed by atoms with E-state index >= 15 is 0 Å². The minimum atomic E-state index is -0.833. The number of carboxylic acids is 1. The Morgan fingerprint density at radius 3 is 2.30 bits per heavy atom. The van der Waals surface area contributed by atoms with Crippen molar-refractivity contribution in [1.29, 1.82) is 0 Å². The Balaban J connectivity index is 0.000000180. The van der Waals surface area contributed by atoms with Crippen LogP contribution < -0.4 is 0 Å². The molecular weight excluding hydrogens is 140 g/mol. The number of rotatable bonds is 0. The van der Waals surface area contributed by atoms with Crippen LogP contribution in [0.1, 0.15) is 13.3 Å². The Bertz CT molecular complexity index is 92.2. The van der Waals surface area contributed by atoms with Gasteiger partial charge in [-0.1, -0.05) is 0 Å². The molecule has 5 heteroatoms. The third kappa shape index (κ3) is 7.35. The van der Waals surface area contributed by atoms with Crippen LogP contribution in [0.15, 0.2) is 0 Å². The summed E-state index contributed by atoms with van der Waals surface area (Å²) in [6.45, 7) is 1.60. The number of carbonyl (C=O) groups is 1. The summed E-state index contributed by atoms with van der Waals surface area (Å²) in [5.74, 6) is -0.833. The zero-order valence-corrected chi connectivity index (χ0v) is 5.61. The SMILES string of the molecule is CC(=O)O.OC1CCOO1. The van der Waals surface area contributed by atoms with Crippen molar-refractivity contribution in [3.63, 3.8) is 0 Å². The van der Waals surface area contributed by atoms with Gasteiger partial charge in [0.15, 0.2) is 6.29 Å². The molecule has 1 fully saturated rings. The van der Waals surface area contributed by atoms with Gasteiger partial charge in [-0.3, -0.25) is 4.79 Å². The Morgan fingerprint density at radius 1 is 1.70 bits per heavy atom. The fraction of sp³-hybridized carbons (Fsp3) is 0.800. The first kappa shape index (κ1) is 9.35. The Kier molecular flexibility index (Phi) is 4.82. The van der Waals surface area contributed by atoms with Gasteiger partial charge in [0, 0.05) is 13.3 Å². The summed E-state index contributed by atoms with van der Waals surface area (Å²) >= 11 is 0. The highest BCUT2D eigenvalue weighted by Gasteiger charge is 2.11. The molecule has 0 saturated carbocycles. The van der Waals surface area contributed by atoms with Crippen molar-refractivity contribution in [2.45, 2.75) is 19.6 Å². The molecule has 60 valence electrons. The molecule has 0 aromatic heterocycles. The first-order valence-electron chi connectivity index (χ1n) is 2.79. The highest BCUT2D eigenvalue weighted by molar-refractivity contribution is 5.62. The lowest BCUT2D eigenvalue weighted by atomic mass is 10.5. The quantitative estimate of drug-likeness (QED) is 0.465. The van der Waals surface area contributed by atoms with E-state index in [1.807, 2.05) is 0 Å². The van der Waals surface area contributed by atoms with Gasteiger partial charge in [0.05, 0.1) is 6.61 Å². The number of hydrogen-bond donors (Lipinski definition) is 2. The van der Waals surface area contributed by atoms with E-state index in [9.17, 15) is 0 Å². The molecule has 0 aromatic carbocycles. The minimum absolute atomic E-state index is 0.515. The molecule has 1 rings (SSSR count). The summed E-state index contributed by atoms with van der Waals surface area (Å²) in [5, 5.41) is 15.8. The van der Waals surface area contributed by atoms with Crippen molar-refractivity contribution in [2.24, 2.45) is 0 Å². The van der Waals surface area contributed by atoms with Crippen molar-refractivity contribution >= 4 is 5.97 Å². The summed E-state index contributed by atoms with van der Waals surface area (Å²) in [5.41, 5.74) is 0. The van der Waals surface area contributed by atoms with Gasteiger partial charge in [0.2, 0.25) is 0 Å². The minimum Gasteiger partial charge on any atom is -0.481 e. The van der Waals surface area contributed by atoms with E-state index in [4.69, 9.17) is 15.0 Å². The molecule has 1 atom stereocenters. The maximum absolute atomic E-state index is 9.00.